The van der Waals surface area contributed by atoms with E-state index in [2.05, 4.69) is 0 Å². The first-order valence-electron chi connectivity index (χ1n) is 8.40. The van der Waals surface area contributed by atoms with Crippen molar-refractivity contribution in [1.29, 1.82) is 0 Å². The van der Waals surface area contributed by atoms with Crippen LogP contribution in [0.5, 0.6) is 0 Å². The number of anilines is 1. The largest absolute Gasteiger partial charge is 0.312 e. The Kier molecular flexibility index (Phi) is 4.47. The number of nitrogens with zero attached hydrogens (tertiary/aromatic N) is 2. The molecule has 126 valence electrons. The van der Waals surface area contributed by atoms with Crippen LogP contribution in [0.1, 0.15) is 45.1 Å². The number of piperidine rings is 1. The second kappa shape index (κ2) is 6.24. The first kappa shape index (κ1) is 16.5. The fourth-order valence-corrected chi connectivity index (χ4v) is 5.30. The van der Waals surface area contributed by atoms with Gasteiger partial charge in [0.15, 0.2) is 0 Å². The lowest BCUT2D eigenvalue weighted by atomic mass is 10.1. The minimum atomic E-state index is -3.45. The molecule has 23 heavy (non-hydrogen) atoms. The van der Waals surface area contributed by atoms with Crippen molar-refractivity contribution in [2.24, 2.45) is 0 Å². The number of sulfonamides is 1. The standard InChI is InChI=1S/C17H24N2O3S/c1-3-17(20)18-11-9-14-12-15(7-8-16(14)18)23(21,22)19-10-5-4-6-13(19)2/h7-8,12-13H,3-6,9-11H2,1-2H3/t13-/m0/s1. The Hall–Kier alpha value is -1.40. The van der Waals surface area contributed by atoms with Crippen LogP contribution in [-0.2, 0) is 21.2 Å². The molecule has 2 aliphatic heterocycles. The molecule has 1 aromatic rings. The molecule has 0 spiro atoms. The maximum absolute atomic E-state index is 12.9. The van der Waals surface area contributed by atoms with Crippen LogP contribution in [0.4, 0.5) is 5.69 Å². The van der Waals surface area contributed by atoms with Crippen molar-refractivity contribution in [2.75, 3.05) is 18.0 Å². The van der Waals surface area contributed by atoms with Crippen molar-refractivity contribution < 1.29 is 13.2 Å². The second-order valence-electron chi connectivity index (χ2n) is 6.40. The summed E-state index contributed by atoms with van der Waals surface area (Å²) in [6.45, 7) is 5.06. The summed E-state index contributed by atoms with van der Waals surface area (Å²) in [5.74, 6) is 0.0870. The monoisotopic (exact) mass is 336 g/mol. The van der Waals surface area contributed by atoms with Gasteiger partial charge < -0.3 is 4.90 Å². The van der Waals surface area contributed by atoms with Crippen molar-refractivity contribution in [3.63, 3.8) is 0 Å². The number of fused-ring (bicyclic) bond motifs is 1. The molecule has 0 saturated carbocycles. The molecule has 1 aromatic carbocycles. The summed E-state index contributed by atoms with van der Waals surface area (Å²) in [5, 5.41) is 0. The van der Waals surface area contributed by atoms with Crippen molar-refractivity contribution in [1.82, 2.24) is 4.31 Å². The van der Waals surface area contributed by atoms with E-state index < -0.39 is 10.0 Å². The van der Waals surface area contributed by atoms with Crippen LogP contribution in [0.2, 0.25) is 0 Å². The average Bonchev–Trinajstić information content (AvgIpc) is 2.97. The van der Waals surface area contributed by atoms with Gasteiger partial charge in [-0.1, -0.05) is 13.3 Å². The first-order chi connectivity index (χ1) is 10.9. The average molecular weight is 336 g/mol. The summed E-state index contributed by atoms with van der Waals surface area (Å²) < 4.78 is 27.5. The van der Waals surface area contributed by atoms with Gasteiger partial charge in [0.05, 0.1) is 4.90 Å². The Labute approximate surface area is 138 Å². The maximum atomic E-state index is 12.9. The Morgan fingerprint density at radius 2 is 2.04 bits per heavy atom. The summed E-state index contributed by atoms with van der Waals surface area (Å²) >= 11 is 0. The molecule has 5 nitrogen and oxygen atoms in total. The molecule has 0 radical (unpaired) electrons. The van der Waals surface area contributed by atoms with Crippen LogP contribution in [-0.4, -0.2) is 37.8 Å². The molecule has 1 amide bonds. The van der Waals surface area contributed by atoms with E-state index in [0.29, 0.717) is 24.4 Å². The number of carbonyl (C=O) groups excluding carboxylic acids is 1. The van der Waals surface area contributed by atoms with Crippen LogP contribution in [0.25, 0.3) is 0 Å². The highest BCUT2D eigenvalue weighted by Gasteiger charge is 2.32. The van der Waals surface area contributed by atoms with Crippen LogP contribution >= 0.6 is 0 Å². The third-order valence-electron chi connectivity index (χ3n) is 4.90. The number of benzene rings is 1. The van der Waals surface area contributed by atoms with E-state index in [1.807, 2.05) is 13.8 Å². The Morgan fingerprint density at radius 3 is 2.74 bits per heavy atom. The number of rotatable bonds is 3. The minimum Gasteiger partial charge on any atom is -0.312 e. The molecule has 1 fully saturated rings. The van der Waals surface area contributed by atoms with Crippen LogP contribution in [0.3, 0.4) is 0 Å². The lowest BCUT2D eigenvalue weighted by molar-refractivity contribution is -0.118. The molecule has 2 aliphatic rings. The molecule has 6 heteroatoms. The SMILES string of the molecule is CCC(=O)N1CCc2cc(S(=O)(=O)N3CCCC[C@@H]3C)ccc21. The summed E-state index contributed by atoms with van der Waals surface area (Å²) in [4.78, 5) is 14.1. The molecular weight excluding hydrogens is 312 g/mol. The van der Waals surface area contributed by atoms with Crippen molar-refractivity contribution in [3.8, 4) is 0 Å². The fraction of sp³-hybridized carbons (Fsp3) is 0.588. The quantitative estimate of drug-likeness (QED) is 0.852. The van der Waals surface area contributed by atoms with E-state index in [0.717, 1.165) is 36.9 Å². The normalized spacial score (nSPS) is 22.2. The van der Waals surface area contributed by atoms with Gasteiger partial charge in [0.1, 0.15) is 0 Å². The summed E-state index contributed by atoms with van der Waals surface area (Å²) in [6.07, 6.45) is 4.12. The van der Waals surface area contributed by atoms with Gasteiger partial charge in [0.2, 0.25) is 15.9 Å². The predicted octanol–water partition coefficient (Wildman–Crippen LogP) is 2.55. The third kappa shape index (κ3) is 2.90. The summed E-state index contributed by atoms with van der Waals surface area (Å²) in [5.41, 5.74) is 1.82. The summed E-state index contributed by atoms with van der Waals surface area (Å²) in [7, 11) is -3.45. The van der Waals surface area contributed by atoms with Crippen molar-refractivity contribution in [3.05, 3.63) is 23.8 Å². The smallest absolute Gasteiger partial charge is 0.243 e. The van der Waals surface area contributed by atoms with Gasteiger partial charge >= 0.3 is 0 Å². The zero-order valence-corrected chi connectivity index (χ0v) is 14.6. The molecule has 2 heterocycles. The number of hydrogen-bond donors (Lipinski definition) is 0. The maximum Gasteiger partial charge on any atom is 0.243 e. The van der Waals surface area contributed by atoms with Crippen LogP contribution in [0.15, 0.2) is 23.1 Å². The number of hydrogen-bond acceptors (Lipinski definition) is 3. The third-order valence-corrected chi connectivity index (χ3v) is 6.91. The molecule has 0 unspecified atom stereocenters. The molecule has 0 bridgehead atoms. The molecule has 0 N–H and O–H groups in total. The van der Waals surface area contributed by atoms with Gasteiger partial charge in [-0.3, -0.25) is 4.79 Å². The zero-order valence-electron chi connectivity index (χ0n) is 13.8. The van der Waals surface area contributed by atoms with Gasteiger partial charge in [-0.25, -0.2) is 8.42 Å². The summed E-state index contributed by atoms with van der Waals surface area (Å²) in [6, 6.07) is 5.25. The highest BCUT2D eigenvalue weighted by Crippen LogP contribution is 2.33. The topological polar surface area (TPSA) is 57.7 Å². The fourth-order valence-electron chi connectivity index (χ4n) is 3.55. The van der Waals surface area contributed by atoms with Crippen LogP contribution < -0.4 is 4.90 Å². The minimum absolute atomic E-state index is 0.0557. The van der Waals surface area contributed by atoms with Crippen molar-refractivity contribution in [2.45, 2.75) is 56.9 Å². The van der Waals surface area contributed by atoms with Gasteiger partial charge in [-0.2, -0.15) is 4.31 Å². The lowest BCUT2D eigenvalue weighted by Gasteiger charge is -2.32. The van der Waals surface area contributed by atoms with E-state index in [4.69, 9.17) is 0 Å². The molecule has 0 aromatic heterocycles. The van der Waals surface area contributed by atoms with E-state index in [9.17, 15) is 13.2 Å². The van der Waals surface area contributed by atoms with Gasteiger partial charge in [-0.15, -0.1) is 0 Å². The van der Waals surface area contributed by atoms with Gasteiger partial charge in [0.25, 0.3) is 0 Å². The molecule has 0 aliphatic carbocycles. The Morgan fingerprint density at radius 1 is 1.26 bits per heavy atom. The zero-order chi connectivity index (χ0) is 16.6. The predicted molar refractivity (Wildman–Crippen MR) is 90.0 cm³/mol. The van der Waals surface area contributed by atoms with Crippen LogP contribution in [0, 0.1) is 0 Å². The molecular formula is C17H24N2O3S. The van der Waals surface area contributed by atoms with E-state index in [1.165, 1.54) is 0 Å². The first-order valence-corrected chi connectivity index (χ1v) is 9.84. The van der Waals surface area contributed by atoms with E-state index in [-0.39, 0.29) is 11.9 Å². The highest BCUT2D eigenvalue weighted by atomic mass is 32.2. The molecule has 1 atom stereocenters. The van der Waals surface area contributed by atoms with E-state index >= 15 is 0 Å². The lowest BCUT2D eigenvalue weighted by Crippen LogP contribution is -2.41. The van der Waals surface area contributed by atoms with E-state index in [1.54, 1.807) is 27.4 Å². The van der Waals surface area contributed by atoms with Gasteiger partial charge in [0, 0.05) is 31.2 Å². The number of amides is 1. The molecule has 3 rings (SSSR count). The Bertz CT molecular complexity index is 715. The highest BCUT2D eigenvalue weighted by molar-refractivity contribution is 7.89. The van der Waals surface area contributed by atoms with Crippen molar-refractivity contribution >= 4 is 21.6 Å². The second-order valence-corrected chi connectivity index (χ2v) is 8.29. The Balaban J connectivity index is 1.92. The number of carbonyl (C=O) groups is 1. The van der Waals surface area contributed by atoms with Gasteiger partial charge in [-0.05, 0) is 49.9 Å². The molecule has 1 saturated heterocycles.